The minimum atomic E-state index is -0.0189. The maximum absolute atomic E-state index is 12.2. The standard InChI is InChI=1S/C16H19ClN4OS/c1-2-13(10-5-7-12(17)8-6-10)18-14(22)9-23-16-19-15(20-21-16)11-3-4-11/h5-8,11,13H,2-4,9H2,1H3,(H,18,22)(H,19,20,21). The van der Waals surface area contributed by atoms with E-state index in [0.717, 1.165) is 17.8 Å². The Kier molecular flexibility index (Phi) is 5.23. The smallest absolute Gasteiger partial charge is 0.230 e. The van der Waals surface area contributed by atoms with Crippen LogP contribution in [0.25, 0.3) is 0 Å². The van der Waals surface area contributed by atoms with E-state index in [4.69, 9.17) is 11.6 Å². The number of nitrogens with zero attached hydrogens (tertiary/aromatic N) is 2. The minimum Gasteiger partial charge on any atom is -0.349 e. The molecule has 1 amide bonds. The van der Waals surface area contributed by atoms with Gasteiger partial charge in [-0.3, -0.25) is 9.89 Å². The number of benzene rings is 1. The summed E-state index contributed by atoms with van der Waals surface area (Å²) in [6, 6.07) is 7.57. The quantitative estimate of drug-likeness (QED) is 0.747. The predicted octanol–water partition coefficient (Wildman–Crippen LogP) is 3.70. The summed E-state index contributed by atoms with van der Waals surface area (Å²) >= 11 is 7.26. The molecular formula is C16H19ClN4OS. The first-order valence-corrected chi connectivity index (χ1v) is 9.12. The number of H-pyrrole nitrogens is 1. The largest absolute Gasteiger partial charge is 0.349 e. The maximum Gasteiger partial charge on any atom is 0.230 e. The Morgan fingerprint density at radius 2 is 2.17 bits per heavy atom. The van der Waals surface area contributed by atoms with Crippen molar-refractivity contribution in [3.8, 4) is 0 Å². The van der Waals surface area contributed by atoms with Crippen molar-refractivity contribution >= 4 is 29.3 Å². The topological polar surface area (TPSA) is 70.7 Å². The van der Waals surface area contributed by atoms with Crippen molar-refractivity contribution in [2.45, 2.75) is 43.3 Å². The first-order chi connectivity index (χ1) is 11.2. The molecule has 1 atom stereocenters. The van der Waals surface area contributed by atoms with Crippen molar-refractivity contribution in [1.82, 2.24) is 20.5 Å². The Bertz CT molecular complexity index is 669. The zero-order valence-electron chi connectivity index (χ0n) is 12.9. The van der Waals surface area contributed by atoms with Gasteiger partial charge in [0.15, 0.2) is 0 Å². The van der Waals surface area contributed by atoms with Crippen LogP contribution >= 0.6 is 23.4 Å². The van der Waals surface area contributed by atoms with Crippen molar-refractivity contribution in [3.05, 3.63) is 40.7 Å². The Morgan fingerprint density at radius 3 is 2.83 bits per heavy atom. The average Bonchev–Trinajstić information content (AvgIpc) is 3.30. The highest BCUT2D eigenvalue weighted by molar-refractivity contribution is 7.99. The van der Waals surface area contributed by atoms with Gasteiger partial charge < -0.3 is 5.32 Å². The van der Waals surface area contributed by atoms with Crippen LogP contribution in [0.15, 0.2) is 29.4 Å². The van der Waals surface area contributed by atoms with E-state index in [1.54, 1.807) is 0 Å². The molecule has 0 spiro atoms. The summed E-state index contributed by atoms with van der Waals surface area (Å²) in [7, 11) is 0. The number of halogens is 1. The monoisotopic (exact) mass is 350 g/mol. The third-order valence-corrected chi connectivity index (χ3v) is 4.89. The first-order valence-electron chi connectivity index (χ1n) is 7.75. The second-order valence-electron chi connectivity index (χ2n) is 5.65. The van der Waals surface area contributed by atoms with E-state index in [9.17, 15) is 4.79 Å². The lowest BCUT2D eigenvalue weighted by molar-refractivity contribution is -0.119. The van der Waals surface area contributed by atoms with Crippen LogP contribution in [-0.2, 0) is 4.79 Å². The maximum atomic E-state index is 12.2. The molecular weight excluding hydrogens is 332 g/mol. The molecule has 0 aliphatic heterocycles. The van der Waals surface area contributed by atoms with Gasteiger partial charge in [0, 0.05) is 10.9 Å². The number of aromatic amines is 1. The molecule has 2 aromatic rings. The number of nitrogens with one attached hydrogen (secondary N) is 2. The highest BCUT2D eigenvalue weighted by atomic mass is 35.5. The highest BCUT2D eigenvalue weighted by Crippen LogP contribution is 2.38. The molecule has 0 radical (unpaired) electrons. The van der Waals surface area contributed by atoms with Crippen LogP contribution in [0, 0.1) is 0 Å². The van der Waals surface area contributed by atoms with Gasteiger partial charge in [-0.2, -0.15) is 0 Å². The molecule has 122 valence electrons. The van der Waals surface area contributed by atoms with Gasteiger partial charge in [-0.15, -0.1) is 5.10 Å². The molecule has 1 saturated carbocycles. The summed E-state index contributed by atoms with van der Waals surface area (Å²) in [5.74, 6) is 1.78. The van der Waals surface area contributed by atoms with Crippen LogP contribution in [0.4, 0.5) is 0 Å². The Balaban J connectivity index is 1.51. The number of carbonyl (C=O) groups excluding carboxylic acids is 1. The normalized spacial score (nSPS) is 15.4. The molecule has 3 rings (SSSR count). The molecule has 7 heteroatoms. The lowest BCUT2D eigenvalue weighted by atomic mass is 10.0. The summed E-state index contributed by atoms with van der Waals surface area (Å²) in [6.07, 6.45) is 3.18. The predicted molar refractivity (Wildman–Crippen MR) is 91.7 cm³/mol. The van der Waals surface area contributed by atoms with Gasteiger partial charge in [-0.25, -0.2) is 4.98 Å². The van der Waals surface area contributed by atoms with Crippen LogP contribution in [0.5, 0.6) is 0 Å². The van der Waals surface area contributed by atoms with E-state index in [2.05, 4.69) is 20.5 Å². The van der Waals surface area contributed by atoms with Crippen LogP contribution in [0.1, 0.15) is 49.5 Å². The molecule has 1 aromatic carbocycles. The van der Waals surface area contributed by atoms with Gasteiger partial charge in [0.05, 0.1) is 11.8 Å². The van der Waals surface area contributed by atoms with Crippen molar-refractivity contribution in [2.24, 2.45) is 0 Å². The SMILES string of the molecule is CCC(NC(=O)CSc1n[nH]c(C2CC2)n1)c1ccc(Cl)cc1. The van der Waals surface area contributed by atoms with E-state index in [1.165, 1.54) is 24.6 Å². The zero-order chi connectivity index (χ0) is 16.2. The van der Waals surface area contributed by atoms with Gasteiger partial charge in [0.2, 0.25) is 11.1 Å². The van der Waals surface area contributed by atoms with Gasteiger partial charge in [-0.1, -0.05) is 42.4 Å². The third kappa shape index (κ3) is 4.48. The number of amides is 1. The van der Waals surface area contributed by atoms with Crippen molar-refractivity contribution in [1.29, 1.82) is 0 Å². The summed E-state index contributed by atoms with van der Waals surface area (Å²) in [6.45, 7) is 2.05. The van der Waals surface area contributed by atoms with Crippen LogP contribution < -0.4 is 5.32 Å². The number of hydrogen-bond acceptors (Lipinski definition) is 4. The second kappa shape index (κ2) is 7.36. The number of carbonyl (C=O) groups is 1. The molecule has 5 nitrogen and oxygen atoms in total. The van der Waals surface area contributed by atoms with Gasteiger partial charge in [-0.05, 0) is 37.0 Å². The third-order valence-electron chi connectivity index (χ3n) is 3.79. The summed E-state index contributed by atoms with van der Waals surface area (Å²) in [5.41, 5.74) is 1.06. The van der Waals surface area contributed by atoms with Crippen LogP contribution in [0.3, 0.4) is 0 Å². The lowest BCUT2D eigenvalue weighted by Crippen LogP contribution is -2.29. The molecule has 0 bridgehead atoms. The second-order valence-corrected chi connectivity index (χ2v) is 7.03. The molecule has 1 aromatic heterocycles. The fraction of sp³-hybridized carbons (Fsp3) is 0.438. The number of rotatable bonds is 7. The van der Waals surface area contributed by atoms with E-state index in [0.29, 0.717) is 21.8 Å². The van der Waals surface area contributed by atoms with E-state index < -0.39 is 0 Å². The number of thioether (sulfide) groups is 1. The lowest BCUT2D eigenvalue weighted by Gasteiger charge is -2.17. The van der Waals surface area contributed by atoms with E-state index in [-0.39, 0.29) is 11.9 Å². The summed E-state index contributed by atoms with van der Waals surface area (Å²) < 4.78 is 0. The fourth-order valence-corrected chi connectivity index (χ4v) is 3.09. The number of hydrogen-bond donors (Lipinski definition) is 2. The molecule has 23 heavy (non-hydrogen) atoms. The molecule has 2 N–H and O–H groups in total. The fourth-order valence-electron chi connectivity index (χ4n) is 2.34. The zero-order valence-corrected chi connectivity index (χ0v) is 14.5. The summed E-state index contributed by atoms with van der Waals surface area (Å²) in [4.78, 5) is 16.6. The molecule has 1 heterocycles. The molecule has 1 fully saturated rings. The van der Waals surface area contributed by atoms with Crippen molar-refractivity contribution in [3.63, 3.8) is 0 Å². The summed E-state index contributed by atoms with van der Waals surface area (Å²) in [5, 5.41) is 11.5. The Labute approximate surface area is 144 Å². The molecule has 1 aliphatic rings. The Hall–Kier alpha value is -1.53. The van der Waals surface area contributed by atoms with E-state index in [1.807, 2.05) is 31.2 Å². The molecule has 1 unspecified atom stereocenters. The van der Waals surface area contributed by atoms with Crippen molar-refractivity contribution < 1.29 is 4.79 Å². The van der Waals surface area contributed by atoms with Gasteiger partial charge >= 0.3 is 0 Å². The van der Waals surface area contributed by atoms with Crippen LogP contribution in [-0.4, -0.2) is 26.8 Å². The molecule has 0 saturated heterocycles. The average molecular weight is 351 g/mol. The van der Waals surface area contributed by atoms with Crippen LogP contribution in [0.2, 0.25) is 5.02 Å². The highest BCUT2D eigenvalue weighted by Gasteiger charge is 2.27. The van der Waals surface area contributed by atoms with Crippen molar-refractivity contribution in [2.75, 3.05) is 5.75 Å². The first kappa shape index (κ1) is 16.3. The Morgan fingerprint density at radius 1 is 1.43 bits per heavy atom. The number of aromatic nitrogens is 3. The van der Waals surface area contributed by atoms with E-state index >= 15 is 0 Å². The van der Waals surface area contributed by atoms with Gasteiger partial charge in [0.1, 0.15) is 5.82 Å². The minimum absolute atomic E-state index is 0.00506. The van der Waals surface area contributed by atoms with Gasteiger partial charge in [0.25, 0.3) is 0 Å². The molecule has 1 aliphatic carbocycles.